The molecule has 2 aliphatic heterocycles. The number of rotatable bonds is 6. The lowest BCUT2D eigenvalue weighted by Gasteiger charge is -2.37. The van der Waals surface area contributed by atoms with E-state index in [2.05, 4.69) is 19.9 Å². The molecule has 9 heteroatoms. The summed E-state index contributed by atoms with van der Waals surface area (Å²) < 4.78 is 13.1. The number of pyridine rings is 1. The zero-order valence-electron chi connectivity index (χ0n) is 16.1. The lowest BCUT2D eigenvalue weighted by atomic mass is 9.96. The fourth-order valence-corrected chi connectivity index (χ4v) is 4.25. The minimum Gasteiger partial charge on any atom is -0.390 e. The molecule has 4 rings (SSSR count). The first-order valence-electron chi connectivity index (χ1n) is 9.87. The van der Waals surface area contributed by atoms with Crippen molar-refractivity contribution in [1.29, 1.82) is 0 Å². The number of fused-ring (bicyclic) bond motifs is 1. The number of aromatic nitrogens is 3. The summed E-state index contributed by atoms with van der Waals surface area (Å²) in [5.74, 6) is 0.984. The molecule has 0 aromatic carbocycles. The van der Waals surface area contributed by atoms with Gasteiger partial charge in [0.2, 0.25) is 11.9 Å². The molecule has 8 nitrogen and oxygen atoms in total. The number of anilines is 1. The summed E-state index contributed by atoms with van der Waals surface area (Å²) >= 11 is 0. The lowest BCUT2D eigenvalue weighted by molar-refractivity contribution is -0.132. The summed E-state index contributed by atoms with van der Waals surface area (Å²) in [6.45, 7) is 2.00. The molecule has 0 bridgehead atoms. The molecule has 2 fully saturated rings. The molecule has 2 aromatic rings. The van der Waals surface area contributed by atoms with Crippen LogP contribution in [0.1, 0.15) is 24.8 Å². The normalized spacial score (nSPS) is 21.8. The third-order valence-electron chi connectivity index (χ3n) is 5.62. The van der Waals surface area contributed by atoms with Crippen LogP contribution in [0.5, 0.6) is 0 Å². The molecular weight excluding hydrogens is 373 g/mol. The minimum atomic E-state index is -0.447. The van der Waals surface area contributed by atoms with Crippen LogP contribution in [0.4, 0.5) is 16.2 Å². The number of amides is 1. The van der Waals surface area contributed by atoms with Crippen molar-refractivity contribution < 1.29 is 9.18 Å². The summed E-state index contributed by atoms with van der Waals surface area (Å²) in [5, 5.41) is 0. The highest BCUT2D eigenvalue weighted by molar-refractivity contribution is 5.82. The van der Waals surface area contributed by atoms with E-state index in [-0.39, 0.29) is 17.9 Å². The first-order valence-corrected chi connectivity index (χ1v) is 9.87. The van der Waals surface area contributed by atoms with Gasteiger partial charge in [0.1, 0.15) is 0 Å². The molecule has 29 heavy (non-hydrogen) atoms. The highest BCUT2D eigenvalue weighted by Gasteiger charge is 2.42. The van der Waals surface area contributed by atoms with Crippen molar-refractivity contribution in [2.24, 2.45) is 16.6 Å². The average molecular weight is 397 g/mol. The number of aryl methyl sites for hydroxylation is 1. The van der Waals surface area contributed by atoms with Crippen molar-refractivity contribution in [1.82, 2.24) is 19.9 Å². The number of carbonyl (C=O) groups excluding carboxylic acids is 1. The second-order valence-electron chi connectivity index (χ2n) is 7.42. The van der Waals surface area contributed by atoms with Gasteiger partial charge >= 0.3 is 0 Å². The maximum absolute atomic E-state index is 13.1. The maximum atomic E-state index is 13.1. The van der Waals surface area contributed by atoms with Crippen LogP contribution in [0, 0.1) is 11.7 Å². The Kier molecular flexibility index (Phi) is 5.64. The van der Waals surface area contributed by atoms with Gasteiger partial charge in [0.15, 0.2) is 11.6 Å². The van der Waals surface area contributed by atoms with Crippen molar-refractivity contribution in [2.45, 2.75) is 31.7 Å². The average Bonchev–Trinajstić information content (AvgIpc) is 3.05. The topological polar surface area (TPSA) is 101 Å². The molecule has 0 radical (unpaired) electrons. The maximum Gasteiger partial charge on any atom is 0.226 e. The zero-order chi connectivity index (χ0) is 20.2. The first kappa shape index (κ1) is 19.2. The summed E-state index contributed by atoms with van der Waals surface area (Å²) in [6.07, 6.45) is 8.67. The standard InChI is InChI=1S/C20H24FN7O/c21-16-10-24-20(25-11-16)27-7-8-28-17(12-27)9-15(19(28)29)4-1-3-14-5-2-6-23-18(14)26-13-22/h2,5-6,10-11,13,15,17H,1,3-4,7-9,12H2,(H2,22,23,26)/t15-,17-/m0/s1. The van der Waals surface area contributed by atoms with E-state index < -0.39 is 5.82 Å². The van der Waals surface area contributed by atoms with E-state index >= 15 is 0 Å². The van der Waals surface area contributed by atoms with Gasteiger partial charge in [-0.25, -0.2) is 24.3 Å². The Balaban J connectivity index is 1.33. The van der Waals surface area contributed by atoms with Gasteiger partial charge in [-0.1, -0.05) is 6.07 Å². The number of hydrogen-bond donors (Lipinski definition) is 1. The van der Waals surface area contributed by atoms with Crippen molar-refractivity contribution in [3.05, 3.63) is 42.1 Å². The molecule has 0 saturated carbocycles. The van der Waals surface area contributed by atoms with Crippen molar-refractivity contribution in [3.8, 4) is 0 Å². The molecule has 1 amide bonds. The van der Waals surface area contributed by atoms with Gasteiger partial charge in [-0.2, -0.15) is 0 Å². The van der Waals surface area contributed by atoms with Crippen LogP contribution in [0.3, 0.4) is 0 Å². The van der Waals surface area contributed by atoms with Crippen LogP contribution in [0.15, 0.2) is 35.7 Å². The van der Waals surface area contributed by atoms with Gasteiger partial charge in [0.25, 0.3) is 0 Å². The monoisotopic (exact) mass is 397 g/mol. The molecule has 2 aliphatic rings. The van der Waals surface area contributed by atoms with E-state index in [0.717, 1.165) is 31.2 Å². The van der Waals surface area contributed by atoms with Gasteiger partial charge in [0, 0.05) is 31.7 Å². The van der Waals surface area contributed by atoms with Crippen LogP contribution < -0.4 is 10.6 Å². The second kappa shape index (κ2) is 8.50. The third kappa shape index (κ3) is 4.18. The number of carbonyl (C=O) groups is 1. The van der Waals surface area contributed by atoms with E-state index in [1.165, 1.54) is 18.7 Å². The molecule has 4 heterocycles. The van der Waals surface area contributed by atoms with Gasteiger partial charge in [-0.3, -0.25) is 4.79 Å². The molecule has 152 valence electrons. The van der Waals surface area contributed by atoms with Gasteiger partial charge < -0.3 is 15.5 Å². The summed E-state index contributed by atoms with van der Waals surface area (Å²) in [4.78, 5) is 33.3. The van der Waals surface area contributed by atoms with Crippen molar-refractivity contribution in [3.63, 3.8) is 0 Å². The molecular formula is C20H24FN7O. The smallest absolute Gasteiger partial charge is 0.226 e. The Morgan fingerprint density at radius 1 is 1.28 bits per heavy atom. The van der Waals surface area contributed by atoms with Gasteiger partial charge in [-0.15, -0.1) is 0 Å². The number of nitrogens with two attached hydrogens (primary N) is 1. The molecule has 2 N–H and O–H groups in total. The Morgan fingerprint density at radius 3 is 2.90 bits per heavy atom. The number of hydrogen-bond acceptors (Lipinski definition) is 6. The van der Waals surface area contributed by atoms with Crippen LogP contribution in [-0.2, 0) is 11.2 Å². The van der Waals surface area contributed by atoms with E-state index in [1.54, 1.807) is 6.20 Å². The van der Waals surface area contributed by atoms with Crippen molar-refractivity contribution >= 4 is 24.0 Å². The Hall–Kier alpha value is -3.10. The first-order chi connectivity index (χ1) is 14.2. The highest BCUT2D eigenvalue weighted by Crippen LogP contribution is 2.32. The van der Waals surface area contributed by atoms with Gasteiger partial charge in [0.05, 0.1) is 24.8 Å². The SMILES string of the molecule is N/C=N\c1ncccc1CCC[C@H]1C[C@H]2CN(c3ncc(F)cn3)CCN2C1=O. The zero-order valence-corrected chi connectivity index (χ0v) is 16.1. The number of nitrogens with zero attached hydrogens (tertiary/aromatic N) is 6. The number of aliphatic imine (C=N–C) groups is 1. The van der Waals surface area contributed by atoms with Crippen LogP contribution in [0.2, 0.25) is 0 Å². The van der Waals surface area contributed by atoms with Crippen LogP contribution in [-0.4, -0.2) is 57.8 Å². The Labute approximate surface area is 168 Å². The molecule has 0 aliphatic carbocycles. The second-order valence-corrected chi connectivity index (χ2v) is 7.42. The van der Waals surface area contributed by atoms with E-state index in [9.17, 15) is 9.18 Å². The van der Waals surface area contributed by atoms with Crippen molar-refractivity contribution in [2.75, 3.05) is 24.5 Å². The predicted molar refractivity (Wildman–Crippen MR) is 107 cm³/mol. The summed E-state index contributed by atoms with van der Waals surface area (Å²) in [5.41, 5.74) is 6.43. The van der Waals surface area contributed by atoms with E-state index in [4.69, 9.17) is 5.73 Å². The fourth-order valence-electron chi connectivity index (χ4n) is 4.25. The Bertz CT molecular complexity index is 889. The number of piperazine rings is 1. The molecule has 2 saturated heterocycles. The number of halogens is 1. The van der Waals surface area contributed by atoms with Gasteiger partial charge in [-0.05, 0) is 37.3 Å². The van der Waals surface area contributed by atoms with Crippen LogP contribution >= 0.6 is 0 Å². The fraction of sp³-hybridized carbons (Fsp3) is 0.450. The van der Waals surface area contributed by atoms with E-state index in [1.807, 2.05) is 21.9 Å². The predicted octanol–water partition coefficient (Wildman–Crippen LogP) is 1.69. The third-order valence-corrected chi connectivity index (χ3v) is 5.62. The molecule has 0 unspecified atom stereocenters. The summed E-state index contributed by atoms with van der Waals surface area (Å²) in [7, 11) is 0. The molecule has 2 atom stereocenters. The quantitative estimate of drug-likeness (QED) is 0.588. The highest BCUT2D eigenvalue weighted by atomic mass is 19.1. The lowest BCUT2D eigenvalue weighted by Crippen LogP contribution is -2.52. The minimum absolute atomic E-state index is 0.0345. The Morgan fingerprint density at radius 2 is 2.10 bits per heavy atom. The molecule has 0 spiro atoms. The van der Waals surface area contributed by atoms with E-state index in [0.29, 0.717) is 31.4 Å². The molecule has 2 aromatic heterocycles. The largest absolute Gasteiger partial charge is 0.390 e. The van der Waals surface area contributed by atoms with Crippen LogP contribution in [0.25, 0.3) is 0 Å². The summed E-state index contributed by atoms with van der Waals surface area (Å²) in [6, 6.07) is 4.04.